The quantitative estimate of drug-likeness (QED) is 0.244. The van der Waals surface area contributed by atoms with Crippen LogP contribution in [0.25, 0.3) is 10.8 Å². The highest BCUT2D eigenvalue weighted by Crippen LogP contribution is 2.40. The van der Waals surface area contributed by atoms with Gasteiger partial charge in [0.2, 0.25) is 15.9 Å². The number of carbonyl (C=O) groups excluding carboxylic acids is 1. The van der Waals surface area contributed by atoms with Crippen LogP contribution in [0, 0.1) is 0 Å². The van der Waals surface area contributed by atoms with E-state index in [9.17, 15) is 13.2 Å². The van der Waals surface area contributed by atoms with Crippen LogP contribution in [0.15, 0.2) is 65.6 Å². The van der Waals surface area contributed by atoms with Gasteiger partial charge in [0.25, 0.3) is 5.92 Å². The van der Waals surface area contributed by atoms with E-state index in [4.69, 9.17) is 15.2 Å². The zero-order chi connectivity index (χ0) is 33.5. The first-order chi connectivity index (χ1) is 23.1. The Morgan fingerprint density at radius 3 is 1.96 bits per heavy atom. The average Bonchev–Trinajstić information content (AvgIpc) is 3.69. The van der Waals surface area contributed by atoms with E-state index in [-0.39, 0.29) is 35.2 Å². The molecule has 48 heavy (non-hydrogen) atoms. The highest BCUT2D eigenvalue weighted by Gasteiger charge is 2.53. The monoisotopic (exact) mass is 681 g/mol. The number of nitrogens with one attached hydrogen (secondary N) is 1. The molecule has 258 valence electrons. The first-order valence-corrected chi connectivity index (χ1v) is 19.0. The van der Waals surface area contributed by atoms with Gasteiger partial charge in [0.1, 0.15) is 11.5 Å². The van der Waals surface area contributed by atoms with E-state index in [0.29, 0.717) is 42.6 Å². The van der Waals surface area contributed by atoms with E-state index >= 15 is 8.78 Å². The molecule has 0 aromatic heterocycles. The molecule has 2 heterocycles. The van der Waals surface area contributed by atoms with Crippen LogP contribution >= 0.6 is 0 Å². The Kier molecular flexibility index (Phi) is 9.38. The van der Waals surface area contributed by atoms with Crippen LogP contribution in [0.5, 0.6) is 11.5 Å². The van der Waals surface area contributed by atoms with Gasteiger partial charge in [-0.25, -0.2) is 8.42 Å². The minimum Gasteiger partial charge on any atom is -0.490 e. The van der Waals surface area contributed by atoms with Gasteiger partial charge in [-0.3, -0.25) is 4.79 Å². The zero-order valence-corrected chi connectivity index (χ0v) is 28.0. The standard InChI is InChI=1S/C37H45F2N3O5S/c38-37(39,26-12-17-32(18-13-26)46-30-6-2-1-3-7-30)35(36(43)42-28-14-15-29(42)23-27(40)22-28)41-48(44,45)34-19-11-24-20-33(16-10-25(24)21-34)47-31-8-4-5-9-31/h10-13,16-21,27-31,35,41H,1-9,14-15,22-23,40H2/t27?,28?,29?,35-/m0/s1. The number of fused-ring (bicyclic) bond motifs is 3. The van der Waals surface area contributed by atoms with Crippen LogP contribution in [0.1, 0.15) is 89.0 Å². The van der Waals surface area contributed by atoms with Crippen LogP contribution in [-0.4, -0.2) is 55.6 Å². The summed E-state index contributed by atoms with van der Waals surface area (Å²) in [5, 5.41) is 1.38. The van der Waals surface area contributed by atoms with Crippen molar-refractivity contribution in [1.82, 2.24) is 9.62 Å². The van der Waals surface area contributed by atoms with E-state index in [1.807, 2.05) is 6.07 Å². The summed E-state index contributed by atoms with van der Waals surface area (Å²) >= 11 is 0. The fraction of sp³-hybridized carbons (Fsp3) is 0.541. The van der Waals surface area contributed by atoms with E-state index in [2.05, 4.69) is 4.72 Å². The van der Waals surface area contributed by atoms with Crippen LogP contribution in [-0.2, 0) is 20.7 Å². The van der Waals surface area contributed by atoms with Gasteiger partial charge < -0.3 is 20.1 Å². The maximum Gasteiger partial charge on any atom is 0.298 e. The first-order valence-electron chi connectivity index (χ1n) is 17.5. The van der Waals surface area contributed by atoms with Crippen molar-refractivity contribution in [2.45, 2.75) is 131 Å². The van der Waals surface area contributed by atoms with Gasteiger partial charge in [-0.05, 0) is 136 Å². The normalized spacial score (nSPS) is 24.6. The Balaban J connectivity index is 1.16. The molecule has 3 aromatic carbocycles. The second kappa shape index (κ2) is 13.6. The summed E-state index contributed by atoms with van der Waals surface area (Å²) in [6.45, 7) is 0. The number of halogens is 2. The lowest BCUT2D eigenvalue weighted by atomic mass is 9.94. The van der Waals surface area contributed by atoms with E-state index in [1.54, 1.807) is 18.2 Å². The molecule has 2 aliphatic heterocycles. The average molecular weight is 682 g/mol. The number of hydrogen-bond donors (Lipinski definition) is 2. The molecule has 0 radical (unpaired) electrons. The maximum absolute atomic E-state index is 16.6. The number of nitrogens with zero attached hydrogens (tertiary/aromatic N) is 1. The Hall–Kier alpha value is -3.28. The molecule has 3 N–H and O–H groups in total. The first kappa shape index (κ1) is 33.2. The predicted molar refractivity (Wildman–Crippen MR) is 180 cm³/mol. The third kappa shape index (κ3) is 6.91. The molecule has 4 aliphatic rings. The Morgan fingerprint density at radius 1 is 0.771 bits per heavy atom. The summed E-state index contributed by atoms with van der Waals surface area (Å²) in [5.74, 6) is -3.61. The van der Waals surface area contributed by atoms with Crippen LogP contribution in [0.2, 0.25) is 0 Å². The number of alkyl halides is 2. The molecule has 2 saturated heterocycles. The number of ether oxygens (including phenoxy) is 2. The molecule has 4 fully saturated rings. The van der Waals surface area contributed by atoms with Crippen molar-refractivity contribution in [2.24, 2.45) is 5.73 Å². The summed E-state index contributed by atoms with van der Waals surface area (Å²) in [6.07, 6.45) is 12.0. The minimum absolute atomic E-state index is 0.0422. The maximum atomic E-state index is 16.6. The van der Waals surface area contributed by atoms with Crippen molar-refractivity contribution in [1.29, 1.82) is 0 Å². The lowest BCUT2D eigenvalue weighted by Crippen LogP contribution is -2.60. The highest BCUT2D eigenvalue weighted by molar-refractivity contribution is 7.89. The van der Waals surface area contributed by atoms with Crippen molar-refractivity contribution < 1.29 is 31.5 Å². The number of sulfonamides is 1. The van der Waals surface area contributed by atoms with Crippen LogP contribution in [0.3, 0.4) is 0 Å². The zero-order valence-electron chi connectivity index (χ0n) is 27.2. The van der Waals surface area contributed by atoms with Gasteiger partial charge in [0, 0.05) is 23.7 Å². The molecule has 3 atom stereocenters. The number of rotatable bonds is 10. The minimum atomic E-state index is -4.57. The molecular weight excluding hydrogens is 636 g/mol. The van der Waals surface area contributed by atoms with Crippen LogP contribution < -0.4 is 19.9 Å². The third-order valence-electron chi connectivity index (χ3n) is 10.7. The fourth-order valence-electron chi connectivity index (χ4n) is 8.17. The summed E-state index contributed by atoms with van der Waals surface area (Å²) in [5.41, 5.74) is 5.74. The summed E-state index contributed by atoms with van der Waals surface area (Å²) < 4.78 is 75.3. The molecule has 0 spiro atoms. The predicted octanol–water partition coefficient (Wildman–Crippen LogP) is 6.79. The van der Waals surface area contributed by atoms with Crippen molar-refractivity contribution in [3.63, 3.8) is 0 Å². The summed E-state index contributed by atoms with van der Waals surface area (Å²) in [6, 6.07) is 12.2. The molecule has 1 amide bonds. The van der Waals surface area contributed by atoms with Crippen molar-refractivity contribution in [3.05, 3.63) is 66.2 Å². The van der Waals surface area contributed by atoms with Gasteiger partial charge in [0.15, 0.2) is 6.04 Å². The van der Waals surface area contributed by atoms with Crippen LogP contribution in [0.4, 0.5) is 8.78 Å². The molecular formula is C37H45F2N3O5S. The molecule has 2 unspecified atom stereocenters. The molecule has 11 heteroatoms. The lowest BCUT2D eigenvalue weighted by Gasteiger charge is -2.41. The van der Waals surface area contributed by atoms with Gasteiger partial charge >= 0.3 is 0 Å². The molecule has 2 bridgehead atoms. The van der Waals surface area contributed by atoms with E-state index in [0.717, 1.165) is 63.2 Å². The second-order valence-corrected chi connectivity index (χ2v) is 15.9. The van der Waals surface area contributed by atoms with E-state index < -0.39 is 33.5 Å². The Bertz CT molecular complexity index is 1710. The molecule has 2 saturated carbocycles. The SMILES string of the molecule is NC1CC2CCC(C1)N2C(=O)[C@H](NS(=O)(=O)c1ccc2cc(OC3CCCC3)ccc2c1)C(F)(F)c1ccc(OC2CCCCC2)cc1. The van der Waals surface area contributed by atoms with Gasteiger partial charge in [0.05, 0.1) is 17.1 Å². The lowest BCUT2D eigenvalue weighted by molar-refractivity contribution is -0.149. The third-order valence-corrected chi connectivity index (χ3v) is 12.1. The Labute approximate surface area is 281 Å². The van der Waals surface area contributed by atoms with E-state index in [1.165, 1.54) is 41.3 Å². The Morgan fingerprint density at radius 2 is 1.31 bits per heavy atom. The van der Waals surface area contributed by atoms with Gasteiger partial charge in [-0.15, -0.1) is 0 Å². The molecule has 7 rings (SSSR count). The number of piperidine rings is 1. The number of hydrogen-bond acceptors (Lipinski definition) is 6. The molecule has 8 nitrogen and oxygen atoms in total. The highest BCUT2D eigenvalue weighted by atomic mass is 32.2. The number of benzene rings is 3. The van der Waals surface area contributed by atoms with Crippen molar-refractivity contribution in [3.8, 4) is 11.5 Å². The number of amides is 1. The summed E-state index contributed by atoms with van der Waals surface area (Å²) in [4.78, 5) is 15.4. The van der Waals surface area contributed by atoms with Crippen molar-refractivity contribution in [2.75, 3.05) is 0 Å². The number of carbonyl (C=O) groups is 1. The molecule has 2 aliphatic carbocycles. The largest absolute Gasteiger partial charge is 0.490 e. The number of nitrogens with two attached hydrogens (primary N) is 1. The van der Waals surface area contributed by atoms with Gasteiger partial charge in [-0.2, -0.15) is 13.5 Å². The topological polar surface area (TPSA) is 111 Å². The van der Waals surface area contributed by atoms with Crippen molar-refractivity contribution >= 4 is 26.7 Å². The second-order valence-electron chi connectivity index (χ2n) is 14.1. The fourth-order valence-corrected chi connectivity index (χ4v) is 9.39. The van der Waals surface area contributed by atoms with Gasteiger partial charge in [-0.1, -0.05) is 18.6 Å². The smallest absolute Gasteiger partial charge is 0.298 e. The molecule has 3 aromatic rings. The summed E-state index contributed by atoms with van der Waals surface area (Å²) in [7, 11) is -4.57.